The first kappa shape index (κ1) is 29.0. The van der Waals surface area contributed by atoms with Gasteiger partial charge in [0, 0.05) is 24.0 Å². The number of anilines is 2. The summed E-state index contributed by atoms with van der Waals surface area (Å²) in [6, 6.07) is 41.4. The van der Waals surface area contributed by atoms with Gasteiger partial charge in [0.25, 0.3) is 0 Å². The van der Waals surface area contributed by atoms with E-state index in [1.807, 2.05) is 43.0 Å². The zero-order chi connectivity index (χ0) is 30.7. The minimum atomic E-state index is -0.656. The Morgan fingerprint density at radius 1 is 0.818 bits per heavy atom. The lowest BCUT2D eigenvalue weighted by atomic mass is 9.65. The Morgan fingerprint density at radius 2 is 1.32 bits per heavy atom. The molecule has 1 saturated heterocycles. The highest BCUT2D eigenvalue weighted by Crippen LogP contribution is 2.46. The van der Waals surface area contributed by atoms with Crippen LogP contribution < -0.4 is 10.6 Å². The van der Waals surface area contributed by atoms with Crippen molar-refractivity contribution in [1.82, 2.24) is 9.88 Å². The summed E-state index contributed by atoms with van der Waals surface area (Å²) in [5, 5.41) is 0. The lowest BCUT2D eigenvalue weighted by Crippen LogP contribution is -2.51. The molecule has 6 heteroatoms. The molecule has 1 atom stereocenters. The number of pyridine rings is 1. The van der Waals surface area contributed by atoms with Crippen LogP contribution in [0.15, 0.2) is 134 Å². The minimum Gasteiger partial charge on any atom is -0.397 e. The number of ketones is 1. The van der Waals surface area contributed by atoms with Crippen molar-refractivity contribution >= 4 is 23.4 Å². The number of nitrogen functional groups attached to an aromatic ring is 1. The predicted octanol–water partition coefficient (Wildman–Crippen LogP) is 6.24. The number of rotatable bonds is 9. The fourth-order valence-corrected chi connectivity index (χ4v) is 6.81. The summed E-state index contributed by atoms with van der Waals surface area (Å²) in [4.78, 5) is 33.4. The molecule has 1 aromatic heterocycles. The van der Waals surface area contributed by atoms with Gasteiger partial charge in [-0.25, -0.2) is 0 Å². The average molecular weight is 581 g/mol. The summed E-state index contributed by atoms with van der Waals surface area (Å²) >= 11 is 0. The van der Waals surface area contributed by atoms with Crippen molar-refractivity contribution in [3.8, 4) is 0 Å². The van der Waals surface area contributed by atoms with Crippen LogP contribution in [-0.2, 0) is 21.5 Å². The molecule has 1 unspecified atom stereocenters. The second-order valence-electron chi connectivity index (χ2n) is 11.9. The van der Waals surface area contributed by atoms with E-state index in [4.69, 9.17) is 5.73 Å². The number of hydrogen-bond acceptors (Lipinski definition) is 6. The lowest BCUT2D eigenvalue weighted by Gasteiger charge is -2.37. The number of nitrogens with two attached hydrogens (primary N) is 1. The van der Waals surface area contributed by atoms with Gasteiger partial charge in [-0.05, 0) is 59.9 Å². The van der Waals surface area contributed by atoms with E-state index in [9.17, 15) is 9.59 Å². The number of carbonyl (C=O) groups excluding carboxylic acids is 2. The first-order chi connectivity index (χ1) is 21.4. The lowest BCUT2D eigenvalue weighted by molar-refractivity contribution is -0.131. The Morgan fingerprint density at radius 3 is 1.80 bits per heavy atom. The third-order valence-corrected chi connectivity index (χ3v) is 9.06. The molecule has 1 fully saturated rings. The van der Waals surface area contributed by atoms with Gasteiger partial charge in [0.05, 0.1) is 24.0 Å². The van der Waals surface area contributed by atoms with E-state index in [1.165, 1.54) is 0 Å². The molecular weight excluding hydrogens is 544 g/mol. The molecule has 0 bridgehead atoms. The quantitative estimate of drug-likeness (QED) is 0.126. The van der Waals surface area contributed by atoms with Crippen molar-refractivity contribution in [3.63, 3.8) is 0 Å². The zero-order valence-corrected chi connectivity index (χ0v) is 25.0. The second-order valence-corrected chi connectivity index (χ2v) is 11.9. The van der Waals surface area contributed by atoms with Gasteiger partial charge in [0.2, 0.25) is 5.78 Å². The van der Waals surface area contributed by atoms with Crippen molar-refractivity contribution < 1.29 is 9.59 Å². The molecule has 2 heterocycles. The molecule has 220 valence electrons. The van der Waals surface area contributed by atoms with Gasteiger partial charge in [-0.1, -0.05) is 103 Å². The minimum absolute atomic E-state index is 0.448. The molecule has 5 aromatic rings. The Labute approximate surface area is 258 Å². The normalized spacial score (nSPS) is 16.5. The van der Waals surface area contributed by atoms with Crippen LogP contribution >= 0.6 is 0 Å². The second kappa shape index (κ2) is 11.9. The van der Waals surface area contributed by atoms with Gasteiger partial charge in [0.1, 0.15) is 6.04 Å². The van der Waals surface area contributed by atoms with Gasteiger partial charge >= 0.3 is 0 Å². The first-order valence-electron chi connectivity index (χ1n) is 14.8. The van der Waals surface area contributed by atoms with Crippen molar-refractivity contribution in [2.45, 2.75) is 37.4 Å². The maximum absolute atomic E-state index is 13.2. The highest BCUT2D eigenvalue weighted by Gasteiger charge is 2.50. The molecule has 6 nitrogen and oxygen atoms in total. The number of nitrogens with zero attached hydrogens (tertiary/aromatic N) is 3. The zero-order valence-electron chi connectivity index (χ0n) is 25.0. The molecule has 0 saturated carbocycles. The smallest absolute Gasteiger partial charge is 0.219 e. The van der Waals surface area contributed by atoms with Gasteiger partial charge in [-0.15, -0.1) is 0 Å². The van der Waals surface area contributed by atoms with Gasteiger partial charge in [-0.2, -0.15) is 0 Å². The van der Waals surface area contributed by atoms with Crippen LogP contribution in [0, 0.1) is 0 Å². The van der Waals surface area contributed by atoms with Gasteiger partial charge in [-0.3, -0.25) is 19.5 Å². The van der Waals surface area contributed by atoms with Crippen molar-refractivity contribution in [2.75, 3.05) is 17.3 Å². The highest BCUT2D eigenvalue weighted by molar-refractivity contribution is 6.28. The molecule has 0 aliphatic carbocycles. The van der Waals surface area contributed by atoms with Crippen LogP contribution in [0.5, 0.6) is 0 Å². The van der Waals surface area contributed by atoms with E-state index in [1.54, 1.807) is 12.4 Å². The summed E-state index contributed by atoms with van der Waals surface area (Å²) < 4.78 is 0. The number of aldehydes is 1. The number of hydrogen-bond donors (Lipinski definition) is 1. The van der Waals surface area contributed by atoms with E-state index >= 15 is 0 Å². The molecule has 2 N–H and O–H groups in total. The van der Waals surface area contributed by atoms with Crippen LogP contribution in [0.3, 0.4) is 0 Å². The van der Waals surface area contributed by atoms with E-state index in [0.717, 1.165) is 33.5 Å². The fraction of sp³-hybridized carbons (Fsp3) is 0.184. The molecule has 0 spiro atoms. The third kappa shape index (κ3) is 4.97. The largest absolute Gasteiger partial charge is 0.397 e. The molecule has 1 aliphatic rings. The SMILES string of the molecule is CC1(C)C(C(=O)C=O)N(c2ccc(C(c3ccccc3)(c3ccccc3)c3ccccc3)cc2)CN1Cc1ccncc1N. The molecule has 44 heavy (non-hydrogen) atoms. The van der Waals surface area contributed by atoms with Crippen LogP contribution in [-0.4, -0.2) is 40.2 Å². The predicted molar refractivity (Wildman–Crippen MR) is 175 cm³/mol. The Hall–Kier alpha value is -5.07. The number of aromatic nitrogens is 1. The number of Topliss-reactive ketones (excluding diaryl/α,β-unsaturated/α-hetero) is 1. The maximum Gasteiger partial charge on any atom is 0.219 e. The molecule has 0 amide bonds. The Balaban J connectivity index is 1.46. The Bertz CT molecular complexity index is 1640. The summed E-state index contributed by atoms with van der Waals surface area (Å²) in [6.07, 6.45) is 3.81. The van der Waals surface area contributed by atoms with Crippen molar-refractivity contribution in [3.05, 3.63) is 162 Å². The molecule has 6 rings (SSSR count). The highest BCUT2D eigenvalue weighted by atomic mass is 16.2. The summed E-state index contributed by atoms with van der Waals surface area (Å²) in [6.45, 7) is 5.00. The monoisotopic (exact) mass is 580 g/mol. The summed E-state index contributed by atoms with van der Waals surface area (Å²) in [5.74, 6) is -0.448. The van der Waals surface area contributed by atoms with E-state index in [2.05, 4.69) is 107 Å². The third-order valence-electron chi connectivity index (χ3n) is 9.06. The van der Waals surface area contributed by atoms with E-state index in [-0.39, 0.29) is 0 Å². The van der Waals surface area contributed by atoms with E-state index < -0.39 is 22.8 Å². The standard InChI is InChI=1S/C38H36N4O2/c1-37(2)36(35(44)26-43)42(27-41(37)25-28-22-23-40-24-34(28)39)33-20-18-32(19-21-33)38(29-12-6-3-7-13-29,30-14-8-4-9-15-30)31-16-10-5-11-17-31/h3-24,26,36H,25,27,39H2,1-2H3. The molecule has 1 aliphatic heterocycles. The average Bonchev–Trinajstić information content (AvgIpc) is 3.33. The topological polar surface area (TPSA) is 79.5 Å². The van der Waals surface area contributed by atoms with Crippen LogP contribution in [0.1, 0.15) is 41.7 Å². The van der Waals surface area contributed by atoms with Crippen LogP contribution in [0.4, 0.5) is 11.4 Å². The maximum atomic E-state index is 13.2. The van der Waals surface area contributed by atoms with Crippen molar-refractivity contribution in [2.24, 2.45) is 0 Å². The van der Waals surface area contributed by atoms with Crippen LogP contribution in [0.25, 0.3) is 0 Å². The molecule has 4 aromatic carbocycles. The molecular formula is C38H36N4O2. The number of carbonyl (C=O) groups is 2. The Kier molecular flexibility index (Phi) is 7.85. The summed E-state index contributed by atoms with van der Waals surface area (Å²) in [5.41, 5.74) is 12.0. The van der Waals surface area contributed by atoms with Crippen LogP contribution in [0.2, 0.25) is 0 Å². The van der Waals surface area contributed by atoms with Gasteiger partial charge in [0.15, 0.2) is 6.29 Å². The number of benzene rings is 4. The summed E-state index contributed by atoms with van der Waals surface area (Å²) in [7, 11) is 0. The van der Waals surface area contributed by atoms with E-state index in [0.29, 0.717) is 25.2 Å². The first-order valence-corrected chi connectivity index (χ1v) is 14.8. The molecule has 0 radical (unpaired) electrons. The fourth-order valence-electron chi connectivity index (χ4n) is 6.81. The van der Waals surface area contributed by atoms with Gasteiger partial charge < -0.3 is 10.6 Å². The van der Waals surface area contributed by atoms with Crippen molar-refractivity contribution in [1.29, 1.82) is 0 Å².